The first-order valence-electron chi connectivity index (χ1n) is 11.5. The molecule has 3 amide bonds. The Morgan fingerprint density at radius 2 is 1.73 bits per heavy atom. The van der Waals surface area contributed by atoms with E-state index in [1.807, 2.05) is 23.1 Å². The number of ether oxygens (including phenoxy) is 1. The summed E-state index contributed by atoms with van der Waals surface area (Å²) in [5, 5.41) is 2.85. The van der Waals surface area contributed by atoms with E-state index in [4.69, 9.17) is 4.74 Å². The number of piperidine rings is 1. The second kappa shape index (κ2) is 8.89. The fourth-order valence-corrected chi connectivity index (χ4v) is 4.72. The summed E-state index contributed by atoms with van der Waals surface area (Å²) in [6.45, 7) is 7.41. The lowest BCUT2D eigenvalue weighted by molar-refractivity contribution is -0.139. The van der Waals surface area contributed by atoms with Gasteiger partial charge in [0.25, 0.3) is 11.8 Å². The van der Waals surface area contributed by atoms with Crippen LogP contribution in [0, 0.1) is 0 Å². The van der Waals surface area contributed by atoms with Crippen LogP contribution in [0.15, 0.2) is 48.5 Å². The van der Waals surface area contributed by atoms with E-state index in [1.165, 1.54) is 4.90 Å². The number of amides is 3. The largest absolute Gasteiger partial charge is 0.476 e. The first kappa shape index (κ1) is 22.8. The molecular formula is C26H31N3O4. The summed E-state index contributed by atoms with van der Waals surface area (Å²) in [4.78, 5) is 42.8. The van der Waals surface area contributed by atoms with Gasteiger partial charge >= 0.3 is 0 Å². The molecule has 1 N–H and O–H groups in total. The molecule has 2 aliphatic heterocycles. The zero-order chi connectivity index (χ0) is 23.8. The summed E-state index contributed by atoms with van der Waals surface area (Å²) in [7, 11) is 0. The van der Waals surface area contributed by atoms with Crippen molar-refractivity contribution in [3.63, 3.8) is 0 Å². The Balaban J connectivity index is 1.63. The van der Waals surface area contributed by atoms with Gasteiger partial charge in [0, 0.05) is 23.3 Å². The van der Waals surface area contributed by atoms with Crippen LogP contribution in [0.4, 0.5) is 11.4 Å². The van der Waals surface area contributed by atoms with Crippen LogP contribution in [0.25, 0.3) is 0 Å². The predicted molar refractivity (Wildman–Crippen MR) is 128 cm³/mol. The average molecular weight is 450 g/mol. The van der Waals surface area contributed by atoms with Gasteiger partial charge in [0.05, 0.1) is 5.69 Å². The van der Waals surface area contributed by atoms with E-state index in [-0.39, 0.29) is 36.3 Å². The second-order valence-electron chi connectivity index (χ2n) is 9.44. The van der Waals surface area contributed by atoms with Gasteiger partial charge in [-0.1, -0.05) is 18.2 Å². The van der Waals surface area contributed by atoms with Crippen molar-refractivity contribution in [1.82, 2.24) is 4.90 Å². The summed E-state index contributed by atoms with van der Waals surface area (Å²) < 4.78 is 5.94. The number of fused-ring (bicyclic) bond motifs is 1. The number of anilines is 2. The lowest BCUT2D eigenvalue weighted by atomic mass is 9.97. The van der Waals surface area contributed by atoms with Crippen LogP contribution >= 0.6 is 0 Å². The van der Waals surface area contributed by atoms with E-state index in [2.05, 4.69) is 19.2 Å². The smallest absolute Gasteiger partial charge is 0.271 e. The molecule has 1 fully saturated rings. The van der Waals surface area contributed by atoms with Gasteiger partial charge in [-0.2, -0.15) is 0 Å². The van der Waals surface area contributed by atoms with Crippen LogP contribution in [0.1, 0.15) is 57.3 Å². The molecule has 2 atom stereocenters. The fraction of sp³-hybridized carbons (Fsp3) is 0.423. The molecule has 1 saturated heterocycles. The molecule has 7 heteroatoms. The molecule has 0 aliphatic carbocycles. The quantitative estimate of drug-likeness (QED) is 0.758. The third-order valence-electron chi connectivity index (χ3n) is 6.44. The van der Waals surface area contributed by atoms with E-state index in [0.717, 1.165) is 19.3 Å². The van der Waals surface area contributed by atoms with Gasteiger partial charge < -0.3 is 15.0 Å². The molecule has 0 radical (unpaired) electrons. The topological polar surface area (TPSA) is 79.0 Å². The number of nitrogens with zero attached hydrogens (tertiary/aromatic N) is 2. The molecule has 2 aromatic rings. The van der Waals surface area contributed by atoms with Crippen molar-refractivity contribution in [2.75, 3.05) is 16.8 Å². The number of likely N-dealkylation sites (tertiary alicyclic amines) is 1. The number of hydrogen-bond donors (Lipinski definition) is 1. The number of para-hydroxylation sites is 1. The molecule has 0 bridgehead atoms. The summed E-state index contributed by atoms with van der Waals surface area (Å²) >= 11 is 0. The number of carbonyl (C=O) groups is 3. The maximum Gasteiger partial charge on any atom is 0.271 e. The van der Waals surface area contributed by atoms with Crippen LogP contribution < -0.4 is 15.0 Å². The molecule has 0 saturated carbocycles. The van der Waals surface area contributed by atoms with Crippen molar-refractivity contribution in [3.05, 3.63) is 54.1 Å². The fourth-order valence-electron chi connectivity index (χ4n) is 4.72. The highest BCUT2D eigenvalue weighted by Gasteiger charge is 2.43. The van der Waals surface area contributed by atoms with Gasteiger partial charge in [-0.25, -0.2) is 0 Å². The molecule has 174 valence electrons. The highest BCUT2D eigenvalue weighted by atomic mass is 16.5. The zero-order valence-corrected chi connectivity index (χ0v) is 19.6. The minimum atomic E-state index is -1.11. The maximum atomic E-state index is 13.3. The lowest BCUT2D eigenvalue weighted by Gasteiger charge is -2.42. The molecule has 2 aromatic carbocycles. The van der Waals surface area contributed by atoms with Gasteiger partial charge in [0.2, 0.25) is 5.91 Å². The van der Waals surface area contributed by atoms with Gasteiger partial charge in [0.1, 0.15) is 12.3 Å². The normalized spacial score (nSPS) is 21.8. The Labute approximate surface area is 194 Å². The molecule has 2 heterocycles. The van der Waals surface area contributed by atoms with Crippen molar-refractivity contribution < 1.29 is 19.1 Å². The standard InChI is InChI=1S/C26H31N3O4/c1-17-9-8-10-18(2)29(17)23(30)16-28-21-15-19(24(31)27-20-11-6-5-7-12-20)13-14-22(21)33-26(3,4)25(28)32/h5-7,11-15,17-18H,8-10,16H2,1-4H3,(H,27,31)/t17-,18-/m0/s1. The number of benzene rings is 2. The minimum Gasteiger partial charge on any atom is -0.476 e. The van der Waals surface area contributed by atoms with E-state index in [9.17, 15) is 14.4 Å². The van der Waals surface area contributed by atoms with Crippen LogP contribution in [0.3, 0.4) is 0 Å². The SMILES string of the molecule is C[C@H]1CCC[C@H](C)N1C(=O)CN1C(=O)C(C)(C)Oc2ccc(C(=O)Nc3ccccc3)cc21. The molecule has 33 heavy (non-hydrogen) atoms. The van der Waals surface area contributed by atoms with E-state index >= 15 is 0 Å². The Morgan fingerprint density at radius 3 is 2.39 bits per heavy atom. The van der Waals surface area contributed by atoms with Crippen LogP contribution in [0.5, 0.6) is 5.75 Å². The third-order valence-corrected chi connectivity index (χ3v) is 6.44. The highest BCUT2D eigenvalue weighted by Crippen LogP contribution is 2.39. The number of rotatable bonds is 4. The predicted octanol–water partition coefficient (Wildman–Crippen LogP) is 4.23. The average Bonchev–Trinajstić information content (AvgIpc) is 2.77. The minimum absolute atomic E-state index is 0.0862. The summed E-state index contributed by atoms with van der Waals surface area (Å²) in [6.07, 6.45) is 3.01. The Kier molecular flexibility index (Phi) is 6.15. The summed E-state index contributed by atoms with van der Waals surface area (Å²) in [6, 6.07) is 14.4. The number of hydrogen-bond acceptors (Lipinski definition) is 4. The second-order valence-corrected chi connectivity index (χ2v) is 9.44. The van der Waals surface area contributed by atoms with E-state index < -0.39 is 5.60 Å². The lowest BCUT2D eigenvalue weighted by Crippen LogP contribution is -2.57. The van der Waals surface area contributed by atoms with Crippen LogP contribution in [-0.2, 0) is 9.59 Å². The van der Waals surface area contributed by atoms with Crippen molar-refractivity contribution in [2.24, 2.45) is 0 Å². The maximum absolute atomic E-state index is 13.3. The third kappa shape index (κ3) is 4.58. The van der Waals surface area contributed by atoms with Crippen LogP contribution in [-0.4, -0.2) is 46.9 Å². The Bertz CT molecular complexity index is 1060. The molecular weight excluding hydrogens is 418 g/mol. The molecule has 0 spiro atoms. The highest BCUT2D eigenvalue weighted by molar-refractivity contribution is 6.09. The van der Waals surface area contributed by atoms with Crippen molar-refractivity contribution in [1.29, 1.82) is 0 Å². The van der Waals surface area contributed by atoms with Gasteiger partial charge in [0.15, 0.2) is 5.60 Å². The van der Waals surface area contributed by atoms with Gasteiger partial charge in [-0.15, -0.1) is 0 Å². The Hall–Kier alpha value is -3.35. The molecule has 2 aliphatic rings. The Morgan fingerprint density at radius 1 is 1.06 bits per heavy atom. The monoisotopic (exact) mass is 449 g/mol. The first-order valence-corrected chi connectivity index (χ1v) is 11.5. The molecule has 4 rings (SSSR count). The molecule has 0 unspecified atom stereocenters. The van der Waals surface area contributed by atoms with Crippen molar-refractivity contribution in [3.8, 4) is 5.75 Å². The number of nitrogens with one attached hydrogen (secondary N) is 1. The van der Waals surface area contributed by atoms with Gasteiger partial charge in [-0.3, -0.25) is 19.3 Å². The van der Waals surface area contributed by atoms with E-state index in [0.29, 0.717) is 22.7 Å². The first-order chi connectivity index (χ1) is 15.7. The number of carbonyl (C=O) groups excluding carboxylic acids is 3. The van der Waals surface area contributed by atoms with Crippen molar-refractivity contribution >= 4 is 29.1 Å². The summed E-state index contributed by atoms with van der Waals surface area (Å²) in [5.41, 5.74) is 0.380. The zero-order valence-electron chi connectivity index (χ0n) is 19.6. The summed E-state index contributed by atoms with van der Waals surface area (Å²) in [5.74, 6) is -0.221. The van der Waals surface area contributed by atoms with Crippen molar-refractivity contribution in [2.45, 2.75) is 64.6 Å². The van der Waals surface area contributed by atoms with E-state index in [1.54, 1.807) is 44.2 Å². The van der Waals surface area contributed by atoms with Gasteiger partial charge in [-0.05, 0) is 77.3 Å². The molecule has 7 nitrogen and oxygen atoms in total. The molecule has 0 aromatic heterocycles. The van der Waals surface area contributed by atoms with Crippen LogP contribution in [0.2, 0.25) is 0 Å².